The van der Waals surface area contributed by atoms with E-state index in [1.54, 1.807) is 50.6 Å². The maximum Gasteiger partial charge on any atom is 0.270 e. The van der Waals surface area contributed by atoms with Crippen LogP contribution in [0.1, 0.15) is 29.6 Å². The molecule has 2 heterocycles. The predicted molar refractivity (Wildman–Crippen MR) is 140 cm³/mol. The first-order valence-corrected chi connectivity index (χ1v) is 11.9. The van der Waals surface area contributed by atoms with E-state index in [4.69, 9.17) is 13.9 Å². The molecule has 0 unspecified atom stereocenters. The highest BCUT2D eigenvalue weighted by Crippen LogP contribution is 2.34. The van der Waals surface area contributed by atoms with Crippen LogP contribution in [0.2, 0.25) is 0 Å². The Labute approximate surface area is 213 Å². The Hall–Kier alpha value is -4.60. The van der Waals surface area contributed by atoms with Crippen LogP contribution < -0.4 is 19.7 Å². The number of nitro groups is 1. The number of carbonyl (C=O) groups is 1. The fraction of sp³-hybridized carbons (Fsp3) is 0.259. The lowest BCUT2D eigenvalue weighted by molar-refractivity contribution is -0.384. The van der Waals surface area contributed by atoms with Gasteiger partial charge < -0.3 is 24.1 Å². The number of hydrogen-bond donors (Lipinski definition) is 1. The zero-order valence-corrected chi connectivity index (χ0v) is 20.5. The van der Waals surface area contributed by atoms with Gasteiger partial charge in [0, 0.05) is 36.5 Å². The number of fused-ring (bicyclic) bond motifs is 1. The fourth-order valence-corrected chi connectivity index (χ4v) is 4.53. The third-order valence-corrected chi connectivity index (χ3v) is 6.41. The molecule has 0 spiro atoms. The molecule has 190 valence electrons. The molecular weight excluding hydrogens is 476 g/mol. The molecule has 0 aliphatic carbocycles. The van der Waals surface area contributed by atoms with E-state index in [-0.39, 0.29) is 11.3 Å². The molecule has 4 aromatic rings. The number of anilines is 2. The van der Waals surface area contributed by atoms with Gasteiger partial charge in [0.05, 0.1) is 30.4 Å². The number of nitrogens with zero attached hydrogens (tertiary/aromatic N) is 3. The van der Waals surface area contributed by atoms with Crippen LogP contribution in [0.15, 0.2) is 59.0 Å². The van der Waals surface area contributed by atoms with Crippen LogP contribution in [0.25, 0.3) is 22.6 Å². The van der Waals surface area contributed by atoms with Gasteiger partial charge in [-0.2, -0.15) is 0 Å². The zero-order chi connectivity index (χ0) is 25.9. The predicted octanol–water partition coefficient (Wildman–Crippen LogP) is 5.66. The van der Waals surface area contributed by atoms with E-state index in [1.807, 2.05) is 6.07 Å². The summed E-state index contributed by atoms with van der Waals surface area (Å²) in [6, 6.07) is 14.9. The number of carbonyl (C=O) groups excluding carboxylic acids is 1. The maximum atomic E-state index is 13.3. The summed E-state index contributed by atoms with van der Waals surface area (Å²) >= 11 is 0. The van der Waals surface area contributed by atoms with Gasteiger partial charge in [0.15, 0.2) is 17.1 Å². The van der Waals surface area contributed by atoms with E-state index in [9.17, 15) is 14.9 Å². The van der Waals surface area contributed by atoms with E-state index in [2.05, 4.69) is 15.2 Å². The number of oxazole rings is 1. The first kappa shape index (κ1) is 24.1. The molecule has 1 aromatic heterocycles. The van der Waals surface area contributed by atoms with E-state index in [0.29, 0.717) is 45.4 Å². The van der Waals surface area contributed by atoms with Gasteiger partial charge in [0.2, 0.25) is 5.89 Å². The second-order valence-electron chi connectivity index (χ2n) is 8.73. The molecule has 1 aliphatic rings. The Balaban J connectivity index is 1.43. The first-order valence-electron chi connectivity index (χ1n) is 11.9. The number of ether oxygens (including phenoxy) is 2. The highest BCUT2D eigenvalue weighted by Gasteiger charge is 2.22. The van der Waals surface area contributed by atoms with Crippen LogP contribution in [0.5, 0.6) is 11.5 Å². The van der Waals surface area contributed by atoms with Gasteiger partial charge in [-0.05, 0) is 61.7 Å². The third kappa shape index (κ3) is 4.90. The van der Waals surface area contributed by atoms with Crippen LogP contribution in [-0.4, -0.2) is 43.1 Å². The lowest BCUT2D eigenvalue weighted by Crippen LogP contribution is -2.31. The number of rotatable bonds is 7. The molecule has 37 heavy (non-hydrogen) atoms. The molecule has 1 saturated heterocycles. The number of piperidine rings is 1. The molecule has 0 atom stereocenters. The minimum absolute atomic E-state index is 0.127. The van der Waals surface area contributed by atoms with Gasteiger partial charge in [0.1, 0.15) is 5.52 Å². The fourth-order valence-electron chi connectivity index (χ4n) is 4.53. The molecule has 0 radical (unpaired) electrons. The zero-order valence-electron chi connectivity index (χ0n) is 20.5. The number of benzene rings is 3. The van der Waals surface area contributed by atoms with E-state index in [1.165, 1.54) is 12.1 Å². The maximum absolute atomic E-state index is 13.3. The summed E-state index contributed by atoms with van der Waals surface area (Å²) in [5, 5.41) is 14.3. The van der Waals surface area contributed by atoms with Crippen LogP contribution in [0, 0.1) is 10.1 Å². The molecule has 1 aliphatic heterocycles. The minimum Gasteiger partial charge on any atom is -0.493 e. The van der Waals surface area contributed by atoms with Gasteiger partial charge in [-0.25, -0.2) is 4.98 Å². The van der Waals surface area contributed by atoms with Gasteiger partial charge in [-0.15, -0.1) is 0 Å². The minimum atomic E-state index is -0.492. The lowest BCUT2D eigenvalue weighted by Gasteiger charge is -2.30. The Bertz CT molecular complexity index is 1480. The smallest absolute Gasteiger partial charge is 0.270 e. The normalized spacial score (nSPS) is 13.4. The summed E-state index contributed by atoms with van der Waals surface area (Å²) in [7, 11) is 3.12. The van der Waals surface area contributed by atoms with Crippen molar-refractivity contribution >= 4 is 34.1 Å². The number of non-ortho nitro benzene ring substituents is 1. The highest BCUT2D eigenvalue weighted by molar-refractivity contribution is 6.09. The SMILES string of the molecule is COc1ccc(-c2nc3cc(NC(=O)c4cc([N+](=O)[O-])ccc4N4CCCCC4)ccc3o2)cc1OC. The Kier molecular flexibility index (Phi) is 6.63. The largest absolute Gasteiger partial charge is 0.493 e. The highest BCUT2D eigenvalue weighted by atomic mass is 16.6. The van der Waals surface area contributed by atoms with E-state index in [0.717, 1.165) is 32.4 Å². The van der Waals surface area contributed by atoms with Crippen molar-refractivity contribution in [2.75, 3.05) is 37.5 Å². The summed E-state index contributed by atoms with van der Waals surface area (Å²) in [5.74, 6) is 1.12. The molecule has 1 fully saturated rings. The molecular formula is C27H26N4O6. The Morgan fingerprint density at radius 3 is 2.51 bits per heavy atom. The lowest BCUT2D eigenvalue weighted by atomic mass is 10.1. The topological polar surface area (TPSA) is 120 Å². The summed E-state index contributed by atoms with van der Waals surface area (Å²) in [4.78, 5) is 30.9. The van der Waals surface area contributed by atoms with Gasteiger partial charge in [0.25, 0.3) is 11.6 Å². The molecule has 0 bridgehead atoms. The Morgan fingerprint density at radius 2 is 1.78 bits per heavy atom. The van der Waals surface area contributed by atoms with Crippen molar-refractivity contribution in [2.45, 2.75) is 19.3 Å². The number of nitro benzene ring substituents is 1. The second kappa shape index (κ2) is 10.2. The average molecular weight is 503 g/mol. The number of amides is 1. The monoisotopic (exact) mass is 502 g/mol. The standard InChI is InChI=1S/C27H26N4O6/c1-35-24-10-6-17(14-25(24)36-2)27-29-21-15-18(7-11-23(21)37-27)28-26(32)20-16-19(31(33)34)8-9-22(20)30-12-4-3-5-13-30/h6-11,14-16H,3-5,12-13H2,1-2H3,(H,28,32). The van der Waals surface area contributed by atoms with Gasteiger partial charge >= 0.3 is 0 Å². The van der Waals surface area contributed by atoms with E-state index >= 15 is 0 Å². The number of aromatic nitrogens is 1. The van der Waals surface area contributed by atoms with Crippen LogP contribution in [0.4, 0.5) is 17.1 Å². The van der Waals surface area contributed by atoms with Crippen molar-refractivity contribution < 1.29 is 23.6 Å². The van der Waals surface area contributed by atoms with Crippen molar-refractivity contribution in [3.05, 3.63) is 70.3 Å². The number of methoxy groups -OCH3 is 2. The van der Waals surface area contributed by atoms with Crippen molar-refractivity contribution in [1.82, 2.24) is 4.98 Å². The molecule has 1 amide bonds. The van der Waals surface area contributed by atoms with Crippen molar-refractivity contribution in [2.24, 2.45) is 0 Å². The number of nitrogens with one attached hydrogen (secondary N) is 1. The van der Waals surface area contributed by atoms with Crippen molar-refractivity contribution in [3.63, 3.8) is 0 Å². The van der Waals surface area contributed by atoms with Crippen molar-refractivity contribution in [1.29, 1.82) is 0 Å². The van der Waals surface area contributed by atoms with Crippen LogP contribution in [-0.2, 0) is 0 Å². The van der Waals surface area contributed by atoms with Gasteiger partial charge in [-0.1, -0.05) is 0 Å². The van der Waals surface area contributed by atoms with Crippen LogP contribution >= 0.6 is 0 Å². The average Bonchev–Trinajstić information content (AvgIpc) is 3.36. The van der Waals surface area contributed by atoms with Crippen molar-refractivity contribution in [3.8, 4) is 23.0 Å². The summed E-state index contributed by atoms with van der Waals surface area (Å²) in [5.41, 5.74) is 3.15. The molecule has 3 aromatic carbocycles. The van der Waals surface area contributed by atoms with E-state index < -0.39 is 10.8 Å². The molecule has 1 N–H and O–H groups in total. The molecule has 10 heteroatoms. The summed E-state index contributed by atoms with van der Waals surface area (Å²) < 4.78 is 16.6. The number of hydrogen-bond acceptors (Lipinski definition) is 8. The summed E-state index contributed by atoms with van der Waals surface area (Å²) in [6.45, 7) is 1.61. The quantitative estimate of drug-likeness (QED) is 0.254. The third-order valence-electron chi connectivity index (χ3n) is 6.41. The molecule has 10 nitrogen and oxygen atoms in total. The van der Waals surface area contributed by atoms with Gasteiger partial charge in [-0.3, -0.25) is 14.9 Å². The summed E-state index contributed by atoms with van der Waals surface area (Å²) in [6.07, 6.45) is 3.17. The van der Waals surface area contributed by atoms with Crippen LogP contribution in [0.3, 0.4) is 0 Å². The first-order chi connectivity index (χ1) is 18.0. The molecule has 0 saturated carbocycles. The molecule has 5 rings (SSSR count). The second-order valence-corrected chi connectivity index (χ2v) is 8.73. The Morgan fingerprint density at radius 1 is 1.00 bits per heavy atom.